The zero-order valence-corrected chi connectivity index (χ0v) is 6.81. The maximum absolute atomic E-state index is 4.93. The summed E-state index contributed by atoms with van der Waals surface area (Å²) in [5.74, 6) is 0.673. The Morgan fingerprint density at radius 2 is 2.40 bits per heavy atom. The molecule has 0 saturated carbocycles. The molecule has 0 amide bonds. The van der Waals surface area contributed by atoms with Crippen molar-refractivity contribution in [3.8, 4) is 5.88 Å². The zero-order chi connectivity index (χ0) is 7.40. The quantitative estimate of drug-likeness (QED) is 0.608. The fourth-order valence-electron chi connectivity index (χ4n) is 0.630. The van der Waals surface area contributed by atoms with E-state index in [0.717, 1.165) is 0 Å². The lowest BCUT2D eigenvalue weighted by Gasteiger charge is -1.98. The first-order chi connectivity index (χ1) is 4.86. The summed E-state index contributed by atoms with van der Waals surface area (Å²) in [4.78, 5) is 5.14. The van der Waals surface area contributed by atoms with Crippen molar-refractivity contribution < 1.29 is 4.74 Å². The standard InChI is InChI=1S/C7H9NOS/c1-9-7-5-6(10-2)3-4-8-7/h3-5H,1-2H3. The van der Waals surface area contributed by atoms with E-state index in [1.54, 1.807) is 25.1 Å². The van der Waals surface area contributed by atoms with E-state index in [9.17, 15) is 0 Å². The second-order valence-corrected chi connectivity index (χ2v) is 2.62. The van der Waals surface area contributed by atoms with Gasteiger partial charge in [-0.25, -0.2) is 4.98 Å². The molecule has 0 bridgehead atoms. The van der Waals surface area contributed by atoms with Gasteiger partial charge in [-0.2, -0.15) is 0 Å². The van der Waals surface area contributed by atoms with Gasteiger partial charge in [0.15, 0.2) is 0 Å². The molecule has 10 heavy (non-hydrogen) atoms. The van der Waals surface area contributed by atoms with E-state index in [1.807, 2.05) is 18.4 Å². The number of aromatic nitrogens is 1. The van der Waals surface area contributed by atoms with Crippen molar-refractivity contribution in [3.05, 3.63) is 18.3 Å². The van der Waals surface area contributed by atoms with Gasteiger partial charge in [0.1, 0.15) is 0 Å². The largest absolute Gasteiger partial charge is 0.481 e. The monoisotopic (exact) mass is 155 g/mol. The second-order valence-electron chi connectivity index (χ2n) is 1.74. The molecule has 0 atom stereocenters. The van der Waals surface area contributed by atoms with Gasteiger partial charge in [0.25, 0.3) is 0 Å². The van der Waals surface area contributed by atoms with Crippen molar-refractivity contribution in [1.82, 2.24) is 4.98 Å². The smallest absolute Gasteiger partial charge is 0.214 e. The topological polar surface area (TPSA) is 22.1 Å². The molecule has 0 radical (unpaired) electrons. The molecule has 0 fully saturated rings. The molecule has 1 heterocycles. The van der Waals surface area contributed by atoms with Crippen LogP contribution in [0.3, 0.4) is 0 Å². The molecular weight excluding hydrogens is 146 g/mol. The fraction of sp³-hybridized carbons (Fsp3) is 0.286. The van der Waals surface area contributed by atoms with Gasteiger partial charge in [0, 0.05) is 17.2 Å². The van der Waals surface area contributed by atoms with E-state index in [2.05, 4.69) is 4.98 Å². The highest BCUT2D eigenvalue weighted by Gasteiger charge is 1.92. The van der Waals surface area contributed by atoms with Crippen LogP contribution in [0.25, 0.3) is 0 Å². The summed E-state index contributed by atoms with van der Waals surface area (Å²) >= 11 is 1.68. The summed E-state index contributed by atoms with van der Waals surface area (Å²) in [6, 6.07) is 3.86. The molecule has 2 nitrogen and oxygen atoms in total. The van der Waals surface area contributed by atoms with Crippen LogP contribution in [-0.4, -0.2) is 18.3 Å². The third kappa shape index (κ3) is 1.64. The highest BCUT2D eigenvalue weighted by Crippen LogP contribution is 2.17. The lowest BCUT2D eigenvalue weighted by Crippen LogP contribution is -1.85. The Bertz CT molecular complexity index is 195. The molecule has 0 unspecified atom stereocenters. The number of nitrogens with zero attached hydrogens (tertiary/aromatic N) is 1. The Balaban J connectivity index is 2.87. The molecule has 0 aliphatic heterocycles. The van der Waals surface area contributed by atoms with Crippen molar-refractivity contribution >= 4 is 11.8 Å². The van der Waals surface area contributed by atoms with Crippen LogP contribution in [0, 0.1) is 0 Å². The molecule has 0 aliphatic carbocycles. The van der Waals surface area contributed by atoms with Crippen LogP contribution in [-0.2, 0) is 0 Å². The summed E-state index contributed by atoms with van der Waals surface area (Å²) in [5.41, 5.74) is 0. The molecule has 1 aromatic heterocycles. The van der Waals surface area contributed by atoms with Crippen LogP contribution in [0.2, 0.25) is 0 Å². The third-order valence-electron chi connectivity index (χ3n) is 1.15. The summed E-state index contributed by atoms with van der Waals surface area (Å²) < 4.78 is 4.93. The highest BCUT2D eigenvalue weighted by atomic mass is 32.2. The normalized spacial score (nSPS) is 9.40. The lowest BCUT2D eigenvalue weighted by atomic mass is 10.5. The number of hydrogen-bond acceptors (Lipinski definition) is 3. The minimum absolute atomic E-state index is 0.673. The summed E-state index contributed by atoms with van der Waals surface area (Å²) in [6.07, 6.45) is 3.76. The molecule has 0 N–H and O–H groups in total. The first kappa shape index (κ1) is 7.41. The van der Waals surface area contributed by atoms with Gasteiger partial charge in [-0.3, -0.25) is 0 Å². The Morgan fingerprint density at radius 1 is 1.60 bits per heavy atom. The maximum atomic E-state index is 4.93. The van der Waals surface area contributed by atoms with Gasteiger partial charge >= 0.3 is 0 Å². The van der Waals surface area contributed by atoms with Crippen LogP contribution in [0.1, 0.15) is 0 Å². The Labute approximate surface area is 64.6 Å². The number of thioether (sulfide) groups is 1. The van der Waals surface area contributed by atoms with Crippen LogP contribution in [0.15, 0.2) is 23.2 Å². The van der Waals surface area contributed by atoms with E-state index in [-0.39, 0.29) is 0 Å². The molecule has 3 heteroatoms. The van der Waals surface area contributed by atoms with E-state index in [4.69, 9.17) is 4.74 Å². The van der Waals surface area contributed by atoms with Crippen molar-refractivity contribution in [2.24, 2.45) is 0 Å². The van der Waals surface area contributed by atoms with E-state index in [1.165, 1.54) is 4.90 Å². The van der Waals surface area contributed by atoms with Gasteiger partial charge in [0.2, 0.25) is 5.88 Å². The Hall–Kier alpha value is -0.700. The molecule has 54 valence electrons. The highest BCUT2D eigenvalue weighted by molar-refractivity contribution is 7.98. The Kier molecular flexibility index (Phi) is 2.57. The van der Waals surface area contributed by atoms with Gasteiger partial charge < -0.3 is 4.74 Å². The third-order valence-corrected chi connectivity index (χ3v) is 1.88. The second kappa shape index (κ2) is 3.46. The SMILES string of the molecule is COc1cc(SC)ccn1. The Morgan fingerprint density at radius 3 is 3.00 bits per heavy atom. The summed E-state index contributed by atoms with van der Waals surface area (Å²) in [6.45, 7) is 0. The molecule has 0 spiro atoms. The summed E-state index contributed by atoms with van der Waals surface area (Å²) in [7, 11) is 1.62. The molecule has 0 aliphatic rings. The number of rotatable bonds is 2. The van der Waals surface area contributed by atoms with Gasteiger partial charge in [0.05, 0.1) is 7.11 Å². The van der Waals surface area contributed by atoms with Gasteiger partial charge in [-0.15, -0.1) is 11.8 Å². The van der Waals surface area contributed by atoms with Crippen LogP contribution in [0.5, 0.6) is 5.88 Å². The van der Waals surface area contributed by atoms with E-state index < -0.39 is 0 Å². The number of ether oxygens (including phenoxy) is 1. The van der Waals surface area contributed by atoms with Crippen LogP contribution < -0.4 is 4.74 Å². The van der Waals surface area contributed by atoms with Crippen LogP contribution >= 0.6 is 11.8 Å². The predicted molar refractivity (Wildman–Crippen MR) is 42.6 cm³/mol. The van der Waals surface area contributed by atoms with E-state index in [0.29, 0.717) is 5.88 Å². The maximum Gasteiger partial charge on any atom is 0.214 e. The first-order valence-electron chi connectivity index (χ1n) is 2.91. The van der Waals surface area contributed by atoms with Gasteiger partial charge in [-0.05, 0) is 12.3 Å². The molecule has 0 saturated heterocycles. The zero-order valence-electron chi connectivity index (χ0n) is 6.00. The molecule has 1 aromatic rings. The van der Waals surface area contributed by atoms with Gasteiger partial charge in [-0.1, -0.05) is 0 Å². The number of methoxy groups -OCH3 is 1. The predicted octanol–water partition coefficient (Wildman–Crippen LogP) is 1.81. The van der Waals surface area contributed by atoms with E-state index >= 15 is 0 Å². The minimum atomic E-state index is 0.673. The summed E-state index contributed by atoms with van der Waals surface area (Å²) in [5, 5.41) is 0. The average Bonchev–Trinajstić information content (AvgIpc) is 2.05. The lowest BCUT2D eigenvalue weighted by molar-refractivity contribution is 0.396. The fourth-order valence-corrected chi connectivity index (χ4v) is 1.05. The van der Waals surface area contributed by atoms with Crippen LogP contribution in [0.4, 0.5) is 0 Å². The number of hydrogen-bond donors (Lipinski definition) is 0. The van der Waals surface area contributed by atoms with Crippen molar-refractivity contribution in [3.63, 3.8) is 0 Å². The first-order valence-corrected chi connectivity index (χ1v) is 4.13. The van der Waals surface area contributed by atoms with Crippen molar-refractivity contribution in [2.75, 3.05) is 13.4 Å². The molecular formula is C7H9NOS. The minimum Gasteiger partial charge on any atom is -0.481 e. The molecule has 0 aromatic carbocycles. The van der Waals surface area contributed by atoms with Crippen molar-refractivity contribution in [1.29, 1.82) is 0 Å². The average molecular weight is 155 g/mol. The van der Waals surface area contributed by atoms with Crippen molar-refractivity contribution in [2.45, 2.75) is 4.90 Å². The number of pyridine rings is 1. The molecule has 1 rings (SSSR count).